The van der Waals surface area contributed by atoms with Gasteiger partial charge in [0.05, 0.1) is 16.7 Å². The van der Waals surface area contributed by atoms with E-state index >= 15 is 0 Å². The number of hydrogen-bond acceptors (Lipinski definition) is 5. The van der Waals surface area contributed by atoms with Crippen LogP contribution in [0.4, 0.5) is 5.69 Å². The molecule has 2 aromatic rings. The third-order valence-corrected chi connectivity index (χ3v) is 6.85. The van der Waals surface area contributed by atoms with Crippen molar-refractivity contribution < 1.29 is 17.9 Å². The molecule has 0 aromatic heterocycles. The second-order valence-electron chi connectivity index (χ2n) is 7.04. The fourth-order valence-corrected chi connectivity index (χ4v) is 5.21. The summed E-state index contributed by atoms with van der Waals surface area (Å²) in [6.45, 7) is 3.11. The summed E-state index contributed by atoms with van der Waals surface area (Å²) in [5.41, 5.74) is 2.47. The molecule has 0 saturated carbocycles. The van der Waals surface area contributed by atoms with Gasteiger partial charge in [0.2, 0.25) is 9.84 Å². The van der Waals surface area contributed by atoms with E-state index in [4.69, 9.17) is 4.74 Å². The first-order chi connectivity index (χ1) is 13.5. The van der Waals surface area contributed by atoms with Crippen LogP contribution >= 0.6 is 0 Å². The summed E-state index contributed by atoms with van der Waals surface area (Å²) in [5, 5.41) is 5.89. The molecule has 1 saturated heterocycles. The molecule has 1 amide bonds. The topological polar surface area (TPSA) is 84.5 Å². The summed E-state index contributed by atoms with van der Waals surface area (Å²) in [5.74, 6) is -0.644. The van der Waals surface area contributed by atoms with Crippen molar-refractivity contribution in [3.8, 4) is 0 Å². The minimum absolute atomic E-state index is 0.0179. The molecule has 6 nitrogen and oxygen atoms in total. The van der Waals surface area contributed by atoms with E-state index in [0.717, 1.165) is 18.4 Å². The number of aryl methyl sites for hydroxylation is 1. The summed E-state index contributed by atoms with van der Waals surface area (Å²) in [6.07, 6.45) is 1.92. The molecule has 0 bridgehead atoms. The molecule has 0 radical (unpaired) electrons. The molecule has 28 heavy (non-hydrogen) atoms. The van der Waals surface area contributed by atoms with E-state index in [2.05, 4.69) is 10.6 Å². The summed E-state index contributed by atoms with van der Waals surface area (Å²) >= 11 is 0. The Morgan fingerprint density at radius 1 is 1.14 bits per heavy atom. The highest BCUT2D eigenvalue weighted by atomic mass is 32.2. The summed E-state index contributed by atoms with van der Waals surface area (Å²) in [4.78, 5) is 12.9. The second kappa shape index (κ2) is 7.41. The molecule has 146 valence electrons. The van der Waals surface area contributed by atoms with Crippen LogP contribution in [0.15, 0.2) is 58.3 Å². The third kappa shape index (κ3) is 3.43. The minimum Gasteiger partial charge on any atom is -0.381 e. The molecule has 2 aliphatic rings. The fraction of sp³-hybridized carbons (Fsp3) is 0.286. The number of anilines is 1. The first-order valence-electron chi connectivity index (χ1n) is 9.29. The molecule has 2 aliphatic heterocycles. The first-order valence-corrected chi connectivity index (χ1v) is 10.8. The number of carbonyl (C=O) groups excluding carboxylic acids is 1. The van der Waals surface area contributed by atoms with Crippen molar-refractivity contribution in [3.63, 3.8) is 0 Å². The lowest BCUT2D eigenvalue weighted by molar-refractivity contribution is -0.112. The van der Waals surface area contributed by atoms with Crippen LogP contribution in [-0.4, -0.2) is 33.6 Å². The van der Waals surface area contributed by atoms with Gasteiger partial charge < -0.3 is 15.4 Å². The molecule has 7 heteroatoms. The van der Waals surface area contributed by atoms with E-state index in [1.165, 1.54) is 6.07 Å². The van der Waals surface area contributed by atoms with Gasteiger partial charge in [-0.05, 0) is 38.0 Å². The van der Waals surface area contributed by atoms with Gasteiger partial charge in [-0.15, -0.1) is 0 Å². The average molecular weight is 398 g/mol. The highest BCUT2D eigenvalue weighted by Crippen LogP contribution is 2.38. The lowest BCUT2D eigenvalue weighted by atomic mass is 10.1. The maximum absolute atomic E-state index is 13.1. The van der Waals surface area contributed by atoms with Gasteiger partial charge in [-0.2, -0.15) is 0 Å². The van der Waals surface area contributed by atoms with Crippen LogP contribution in [0, 0.1) is 6.92 Å². The Morgan fingerprint density at radius 3 is 2.61 bits per heavy atom. The van der Waals surface area contributed by atoms with E-state index in [1.807, 2.05) is 19.1 Å². The number of nitrogens with one attached hydrogen (secondary N) is 2. The number of benzene rings is 2. The van der Waals surface area contributed by atoms with Crippen molar-refractivity contribution in [1.82, 2.24) is 5.32 Å². The molecule has 1 atom stereocenters. The second-order valence-corrected chi connectivity index (χ2v) is 8.89. The van der Waals surface area contributed by atoms with Gasteiger partial charge in [0.1, 0.15) is 0 Å². The fourth-order valence-electron chi connectivity index (χ4n) is 3.53. The van der Waals surface area contributed by atoms with Crippen LogP contribution in [0.25, 0.3) is 5.70 Å². The van der Waals surface area contributed by atoms with Crippen molar-refractivity contribution in [2.75, 3.05) is 18.5 Å². The largest absolute Gasteiger partial charge is 0.381 e. The quantitative estimate of drug-likeness (QED) is 0.809. The Hall–Kier alpha value is -2.64. The van der Waals surface area contributed by atoms with Gasteiger partial charge in [-0.1, -0.05) is 35.9 Å². The number of ether oxygens (including phenoxy) is 1. The van der Waals surface area contributed by atoms with Crippen LogP contribution < -0.4 is 10.6 Å². The molecule has 0 aliphatic carbocycles. The Morgan fingerprint density at radius 2 is 1.89 bits per heavy atom. The Kier molecular flexibility index (Phi) is 4.95. The van der Waals surface area contributed by atoms with Gasteiger partial charge in [-0.25, -0.2) is 8.42 Å². The van der Waals surface area contributed by atoms with E-state index < -0.39 is 15.7 Å². The number of hydrogen-bond donors (Lipinski definition) is 2. The van der Waals surface area contributed by atoms with Gasteiger partial charge in [-0.3, -0.25) is 4.79 Å². The van der Waals surface area contributed by atoms with Crippen molar-refractivity contribution >= 4 is 27.1 Å². The minimum atomic E-state index is -3.90. The van der Waals surface area contributed by atoms with Gasteiger partial charge >= 0.3 is 0 Å². The number of fused-ring (bicyclic) bond motifs is 1. The van der Waals surface area contributed by atoms with Gasteiger partial charge in [0.15, 0.2) is 4.91 Å². The van der Waals surface area contributed by atoms with Crippen LogP contribution in [0.1, 0.15) is 24.0 Å². The van der Waals surface area contributed by atoms with Crippen LogP contribution in [0.2, 0.25) is 0 Å². The third-order valence-electron chi connectivity index (χ3n) is 4.99. The summed E-state index contributed by atoms with van der Waals surface area (Å²) in [7, 11) is -3.90. The predicted octanol–water partition coefficient (Wildman–Crippen LogP) is 2.86. The lowest BCUT2D eigenvalue weighted by Gasteiger charge is -2.14. The molecule has 1 unspecified atom stereocenters. The van der Waals surface area contributed by atoms with Gasteiger partial charge in [0, 0.05) is 24.4 Å². The smallest absolute Gasteiger partial charge is 0.269 e. The van der Waals surface area contributed by atoms with E-state index in [1.54, 1.807) is 30.3 Å². The SMILES string of the molecule is Cc1ccc(NC(=O)C2=C(NCC3CCCO3)c3ccccc3S2(=O)=O)cc1. The average Bonchev–Trinajstić information content (AvgIpc) is 3.27. The first kappa shape index (κ1) is 18.7. The van der Waals surface area contributed by atoms with E-state index in [0.29, 0.717) is 30.1 Å². The molecule has 2 N–H and O–H groups in total. The van der Waals surface area contributed by atoms with Crippen molar-refractivity contribution in [2.45, 2.75) is 30.8 Å². The standard InChI is InChI=1S/C21H22N2O4S/c1-14-8-10-15(11-9-14)23-21(24)20-19(22-13-16-5-4-12-27-16)17-6-2-3-7-18(17)28(20,25)26/h2-3,6-11,16,22H,4-5,12-13H2,1H3,(H,23,24). The Labute approximate surface area is 164 Å². The van der Waals surface area contributed by atoms with Crippen LogP contribution in [0.3, 0.4) is 0 Å². The summed E-state index contributed by atoms with van der Waals surface area (Å²) < 4.78 is 31.8. The maximum Gasteiger partial charge on any atom is 0.269 e. The number of sulfone groups is 1. The zero-order valence-corrected chi connectivity index (χ0v) is 16.4. The molecular formula is C21H22N2O4S. The highest BCUT2D eigenvalue weighted by molar-refractivity contribution is 7.97. The molecular weight excluding hydrogens is 376 g/mol. The Bertz CT molecular complexity index is 1040. The number of carbonyl (C=O) groups is 1. The highest BCUT2D eigenvalue weighted by Gasteiger charge is 2.40. The Balaban J connectivity index is 1.69. The van der Waals surface area contributed by atoms with Crippen molar-refractivity contribution in [1.29, 1.82) is 0 Å². The molecule has 2 aromatic carbocycles. The molecule has 2 heterocycles. The lowest BCUT2D eigenvalue weighted by Crippen LogP contribution is -2.27. The number of rotatable bonds is 5. The molecule has 0 spiro atoms. The number of amides is 1. The van der Waals surface area contributed by atoms with Gasteiger partial charge in [0.25, 0.3) is 5.91 Å². The van der Waals surface area contributed by atoms with Crippen LogP contribution in [-0.2, 0) is 19.4 Å². The van der Waals surface area contributed by atoms with E-state index in [9.17, 15) is 13.2 Å². The van der Waals surface area contributed by atoms with Crippen molar-refractivity contribution in [2.24, 2.45) is 0 Å². The monoisotopic (exact) mass is 398 g/mol. The van der Waals surface area contributed by atoms with Crippen molar-refractivity contribution in [3.05, 3.63) is 64.6 Å². The zero-order valence-electron chi connectivity index (χ0n) is 15.6. The zero-order chi connectivity index (χ0) is 19.7. The molecule has 4 rings (SSSR count). The normalized spacial score (nSPS) is 20.1. The maximum atomic E-state index is 13.1. The van der Waals surface area contributed by atoms with E-state index in [-0.39, 0.29) is 15.9 Å². The predicted molar refractivity (Wildman–Crippen MR) is 107 cm³/mol. The summed E-state index contributed by atoms with van der Waals surface area (Å²) in [6, 6.07) is 13.9. The molecule has 1 fully saturated rings. The van der Waals surface area contributed by atoms with Crippen LogP contribution in [0.5, 0.6) is 0 Å².